The summed E-state index contributed by atoms with van der Waals surface area (Å²) in [6.07, 6.45) is 2.05. The standard InChI is InChI=1S/C11H21NO/c1-6-10(2,3)9(13)12-8-7-11(12,4)5/h6-8H2,1-5H3. The minimum Gasteiger partial charge on any atom is -0.337 e. The minimum atomic E-state index is -0.183. The highest BCUT2D eigenvalue weighted by atomic mass is 16.2. The number of carbonyl (C=O) groups is 1. The second kappa shape index (κ2) is 3.00. The van der Waals surface area contributed by atoms with Crippen LogP contribution in [0.3, 0.4) is 0 Å². The molecule has 1 aliphatic rings. The topological polar surface area (TPSA) is 20.3 Å². The van der Waals surface area contributed by atoms with Crippen LogP contribution in [0.5, 0.6) is 0 Å². The summed E-state index contributed by atoms with van der Waals surface area (Å²) < 4.78 is 0. The van der Waals surface area contributed by atoms with Gasteiger partial charge < -0.3 is 4.90 Å². The summed E-state index contributed by atoms with van der Waals surface area (Å²) in [5.74, 6) is 0.311. The average Bonchev–Trinajstić information content (AvgIpc) is 2.02. The molecule has 0 bridgehead atoms. The lowest BCUT2D eigenvalue weighted by Crippen LogP contribution is -2.61. The molecule has 0 saturated carbocycles. The molecule has 0 unspecified atom stereocenters. The zero-order valence-corrected chi connectivity index (χ0v) is 9.48. The first-order valence-corrected chi connectivity index (χ1v) is 5.13. The van der Waals surface area contributed by atoms with Gasteiger partial charge in [0.1, 0.15) is 0 Å². The second-order valence-electron chi connectivity index (χ2n) is 5.26. The van der Waals surface area contributed by atoms with Crippen LogP contribution < -0.4 is 0 Å². The molecule has 1 aliphatic heterocycles. The van der Waals surface area contributed by atoms with Crippen LogP contribution in [0, 0.1) is 5.41 Å². The molecule has 0 aromatic heterocycles. The fourth-order valence-corrected chi connectivity index (χ4v) is 1.56. The second-order valence-corrected chi connectivity index (χ2v) is 5.26. The summed E-state index contributed by atoms with van der Waals surface area (Å²) in [5, 5.41) is 0. The van der Waals surface area contributed by atoms with E-state index in [-0.39, 0.29) is 11.0 Å². The van der Waals surface area contributed by atoms with Gasteiger partial charge >= 0.3 is 0 Å². The average molecular weight is 183 g/mol. The number of likely N-dealkylation sites (tertiary alicyclic amines) is 1. The van der Waals surface area contributed by atoms with Gasteiger partial charge in [0.05, 0.1) is 0 Å². The zero-order chi connectivity index (χ0) is 10.3. The Morgan fingerprint density at radius 3 is 2.23 bits per heavy atom. The van der Waals surface area contributed by atoms with Crippen LogP contribution in [0.15, 0.2) is 0 Å². The zero-order valence-electron chi connectivity index (χ0n) is 9.48. The smallest absolute Gasteiger partial charge is 0.228 e. The minimum absolute atomic E-state index is 0.101. The van der Waals surface area contributed by atoms with Gasteiger partial charge in [0, 0.05) is 17.5 Å². The molecule has 2 heteroatoms. The SMILES string of the molecule is CCC(C)(C)C(=O)N1CCC1(C)C. The predicted octanol–water partition coefficient (Wildman–Crippen LogP) is 2.43. The van der Waals surface area contributed by atoms with Crippen molar-refractivity contribution in [1.82, 2.24) is 4.90 Å². The van der Waals surface area contributed by atoms with E-state index < -0.39 is 0 Å². The van der Waals surface area contributed by atoms with Gasteiger partial charge in [-0.25, -0.2) is 0 Å². The van der Waals surface area contributed by atoms with Crippen LogP contribution in [-0.4, -0.2) is 22.9 Å². The van der Waals surface area contributed by atoms with Crippen molar-refractivity contribution in [2.24, 2.45) is 5.41 Å². The van der Waals surface area contributed by atoms with Gasteiger partial charge in [0.25, 0.3) is 0 Å². The molecule has 1 rings (SSSR count). The molecule has 1 saturated heterocycles. The highest BCUT2D eigenvalue weighted by Crippen LogP contribution is 2.35. The summed E-state index contributed by atoms with van der Waals surface area (Å²) in [6.45, 7) is 11.4. The van der Waals surface area contributed by atoms with Crippen LogP contribution in [0.25, 0.3) is 0 Å². The summed E-state index contributed by atoms with van der Waals surface area (Å²) in [6, 6.07) is 0. The third-order valence-corrected chi connectivity index (χ3v) is 3.39. The maximum absolute atomic E-state index is 12.0. The van der Waals surface area contributed by atoms with Crippen molar-refractivity contribution in [3.8, 4) is 0 Å². The highest BCUT2D eigenvalue weighted by molar-refractivity contribution is 5.83. The quantitative estimate of drug-likeness (QED) is 0.644. The van der Waals surface area contributed by atoms with Crippen LogP contribution >= 0.6 is 0 Å². The Kier molecular flexibility index (Phi) is 2.44. The highest BCUT2D eigenvalue weighted by Gasteiger charge is 2.43. The largest absolute Gasteiger partial charge is 0.337 e. The van der Waals surface area contributed by atoms with Crippen LogP contribution in [-0.2, 0) is 4.79 Å². The van der Waals surface area contributed by atoms with Gasteiger partial charge in [-0.2, -0.15) is 0 Å². The maximum Gasteiger partial charge on any atom is 0.228 e. The fraction of sp³-hybridized carbons (Fsp3) is 0.909. The van der Waals surface area contributed by atoms with Crippen molar-refractivity contribution in [3.05, 3.63) is 0 Å². The van der Waals surface area contributed by atoms with E-state index in [0.717, 1.165) is 19.4 Å². The van der Waals surface area contributed by atoms with Gasteiger partial charge in [0.2, 0.25) is 5.91 Å². The number of rotatable bonds is 2. The number of carbonyl (C=O) groups excluding carboxylic acids is 1. The number of hydrogen-bond donors (Lipinski definition) is 0. The lowest BCUT2D eigenvalue weighted by atomic mass is 9.81. The third kappa shape index (κ3) is 1.72. The molecule has 0 radical (unpaired) electrons. The normalized spacial score (nSPS) is 21.2. The summed E-state index contributed by atoms with van der Waals surface area (Å²) in [5.41, 5.74) is -0.0821. The van der Waals surface area contributed by atoms with E-state index in [1.54, 1.807) is 0 Å². The molecule has 76 valence electrons. The van der Waals surface area contributed by atoms with Crippen molar-refractivity contribution in [1.29, 1.82) is 0 Å². The summed E-state index contributed by atoms with van der Waals surface area (Å²) in [4.78, 5) is 14.0. The van der Waals surface area contributed by atoms with Crippen LogP contribution in [0.1, 0.15) is 47.5 Å². The Hall–Kier alpha value is -0.530. The van der Waals surface area contributed by atoms with Gasteiger partial charge in [-0.05, 0) is 26.7 Å². The predicted molar refractivity (Wildman–Crippen MR) is 54.5 cm³/mol. The van der Waals surface area contributed by atoms with Crippen molar-refractivity contribution in [3.63, 3.8) is 0 Å². The van der Waals surface area contributed by atoms with E-state index in [1.807, 2.05) is 18.7 Å². The Morgan fingerprint density at radius 2 is 2.00 bits per heavy atom. The Morgan fingerprint density at radius 1 is 1.46 bits per heavy atom. The molecule has 1 heterocycles. The Bertz CT molecular complexity index is 218. The molecule has 0 aromatic carbocycles. The van der Waals surface area contributed by atoms with Gasteiger partial charge in [-0.15, -0.1) is 0 Å². The first-order chi connectivity index (χ1) is 5.81. The van der Waals surface area contributed by atoms with E-state index in [2.05, 4.69) is 20.8 Å². The summed E-state index contributed by atoms with van der Waals surface area (Å²) >= 11 is 0. The fourth-order valence-electron chi connectivity index (χ4n) is 1.56. The molecule has 0 aliphatic carbocycles. The molecular formula is C11H21NO. The van der Waals surface area contributed by atoms with Crippen molar-refractivity contribution < 1.29 is 4.79 Å². The lowest BCUT2D eigenvalue weighted by molar-refractivity contribution is -0.154. The molecule has 0 atom stereocenters. The van der Waals surface area contributed by atoms with Gasteiger partial charge in [-0.3, -0.25) is 4.79 Å². The molecule has 2 nitrogen and oxygen atoms in total. The van der Waals surface area contributed by atoms with Crippen molar-refractivity contribution >= 4 is 5.91 Å². The van der Waals surface area contributed by atoms with Crippen molar-refractivity contribution in [2.75, 3.05) is 6.54 Å². The number of nitrogens with zero attached hydrogens (tertiary/aromatic N) is 1. The molecule has 1 fully saturated rings. The molecular weight excluding hydrogens is 162 g/mol. The molecule has 0 aromatic rings. The molecule has 0 N–H and O–H groups in total. The molecule has 0 spiro atoms. The monoisotopic (exact) mass is 183 g/mol. The Labute approximate surface area is 81.3 Å². The maximum atomic E-state index is 12.0. The summed E-state index contributed by atoms with van der Waals surface area (Å²) in [7, 11) is 0. The Balaban J connectivity index is 2.69. The van der Waals surface area contributed by atoms with E-state index in [9.17, 15) is 4.79 Å². The van der Waals surface area contributed by atoms with E-state index in [1.165, 1.54) is 0 Å². The first kappa shape index (κ1) is 10.6. The third-order valence-electron chi connectivity index (χ3n) is 3.39. The van der Waals surface area contributed by atoms with Gasteiger partial charge in [-0.1, -0.05) is 20.8 Å². The molecule has 13 heavy (non-hydrogen) atoms. The number of hydrogen-bond acceptors (Lipinski definition) is 1. The molecule has 1 amide bonds. The van der Waals surface area contributed by atoms with Crippen LogP contribution in [0.2, 0.25) is 0 Å². The van der Waals surface area contributed by atoms with E-state index >= 15 is 0 Å². The first-order valence-electron chi connectivity index (χ1n) is 5.13. The van der Waals surface area contributed by atoms with E-state index in [4.69, 9.17) is 0 Å². The van der Waals surface area contributed by atoms with Gasteiger partial charge in [0.15, 0.2) is 0 Å². The van der Waals surface area contributed by atoms with E-state index in [0.29, 0.717) is 5.91 Å². The van der Waals surface area contributed by atoms with Crippen LogP contribution in [0.4, 0.5) is 0 Å². The van der Waals surface area contributed by atoms with Crippen molar-refractivity contribution in [2.45, 2.75) is 53.0 Å². The lowest BCUT2D eigenvalue weighted by Gasteiger charge is -2.51. The number of amides is 1.